The molecule has 0 fully saturated rings. The van der Waals surface area contributed by atoms with Crippen LogP contribution in [0.3, 0.4) is 0 Å². The highest BCUT2D eigenvalue weighted by Crippen LogP contribution is 2.10. The summed E-state index contributed by atoms with van der Waals surface area (Å²) in [5.74, 6) is 0. The lowest BCUT2D eigenvalue weighted by Crippen LogP contribution is -2.22. The van der Waals surface area contributed by atoms with Gasteiger partial charge in [0.2, 0.25) is 0 Å². The molecule has 2 radical (unpaired) electrons. The fourth-order valence-corrected chi connectivity index (χ4v) is 1.20. The number of aliphatic hydroxyl groups is 1. The summed E-state index contributed by atoms with van der Waals surface area (Å²) in [6.45, 7) is 3.58. The molecular formula is C10H13BO. The first-order valence-corrected chi connectivity index (χ1v) is 4.04. The highest BCUT2D eigenvalue weighted by atomic mass is 16.3. The van der Waals surface area contributed by atoms with Gasteiger partial charge in [-0.15, -0.1) is 0 Å². The molecule has 1 nitrogen and oxygen atoms in total. The zero-order valence-corrected chi connectivity index (χ0v) is 7.54. The second-order valence-corrected chi connectivity index (χ2v) is 3.73. The van der Waals surface area contributed by atoms with E-state index in [1.165, 1.54) is 0 Å². The van der Waals surface area contributed by atoms with Crippen LogP contribution in [-0.2, 0) is 6.42 Å². The number of benzene rings is 1. The van der Waals surface area contributed by atoms with E-state index in [9.17, 15) is 5.11 Å². The normalized spacial score (nSPS) is 11.6. The van der Waals surface area contributed by atoms with Gasteiger partial charge in [0, 0.05) is 6.42 Å². The van der Waals surface area contributed by atoms with E-state index in [1.807, 2.05) is 24.3 Å². The Morgan fingerprint density at radius 1 is 1.42 bits per heavy atom. The average molecular weight is 160 g/mol. The number of hydrogen-bond acceptors (Lipinski definition) is 1. The van der Waals surface area contributed by atoms with Gasteiger partial charge in [-0.25, -0.2) is 0 Å². The predicted molar refractivity (Wildman–Crippen MR) is 51.8 cm³/mol. The molecule has 12 heavy (non-hydrogen) atoms. The summed E-state index contributed by atoms with van der Waals surface area (Å²) in [6.07, 6.45) is 0.637. The summed E-state index contributed by atoms with van der Waals surface area (Å²) >= 11 is 0. The van der Waals surface area contributed by atoms with Crippen LogP contribution in [0.15, 0.2) is 24.3 Å². The Labute approximate surface area is 74.8 Å². The van der Waals surface area contributed by atoms with Crippen LogP contribution in [0.25, 0.3) is 0 Å². The molecule has 2 heteroatoms. The molecule has 1 aromatic rings. The molecule has 0 aliphatic carbocycles. The van der Waals surface area contributed by atoms with E-state index in [-0.39, 0.29) is 0 Å². The minimum Gasteiger partial charge on any atom is -0.390 e. The van der Waals surface area contributed by atoms with Crippen molar-refractivity contribution in [2.45, 2.75) is 25.9 Å². The first-order chi connectivity index (χ1) is 5.47. The van der Waals surface area contributed by atoms with Crippen molar-refractivity contribution in [2.24, 2.45) is 0 Å². The molecule has 1 N–H and O–H groups in total. The van der Waals surface area contributed by atoms with Crippen molar-refractivity contribution >= 4 is 13.3 Å². The lowest BCUT2D eigenvalue weighted by atomic mass is 9.91. The molecule has 0 amide bonds. The Morgan fingerprint density at radius 2 is 2.08 bits per heavy atom. The fraction of sp³-hybridized carbons (Fsp3) is 0.400. The van der Waals surface area contributed by atoms with Gasteiger partial charge in [-0.3, -0.25) is 0 Å². The van der Waals surface area contributed by atoms with Crippen LogP contribution in [0.1, 0.15) is 19.4 Å². The first-order valence-electron chi connectivity index (χ1n) is 4.04. The third-order valence-electron chi connectivity index (χ3n) is 1.59. The van der Waals surface area contributed by atoms with E-state index in [4.69, 9.17) is 7.85 Å². The Bertz CT molecular complexity index is 263. The topological polar surface area (TPSA) is 20.2 Å². The van der Waals surface area contributed by atoms with Crippen molar-refractivity contribution < 1.29 is 5.11 Å². The molecule has 0 spiro atoms. The quantitative estimate of drug-likeness (QED) is 0.634. The zero-order chi connectivity index (χ0) is 9.19. The van der Waals surface area contributed by atoms with E-state index in [2.05, 4.69) is 0 Å². The second kappa shape index (κ2) is 3.32. The highest BCUT2D eigenvalue weighted by molar-refractivity contribution is 6.32. The van der Waals surface area contributed by atoms with Crippen molar-refractivity contribution in [3.63, 3.8) is 0 Å². The largest absolute Gasteiger partial charge is 0.390 e. The molecule has 0 saturated heterocycles. The summed E-state index contributed by atoms with van der Waals surface area (Å²) in [5, 5.41) is 9.52. The Morgan fingerprint density at radius 3 is 2.58 bits per heavy atom. The zero-order valence-electron chi connectivity index (χ0n) is 7.54. The maximum Gasteiger partial charge on any atom is 0.113 e. The average Bonchev–Trinajstić information content (AvgIpc) is 1.82. The van der Waals surface area contributed by atoms with Crippen LogP contribution < -0.4 is 5.46 Å². The molecule has 62 valence electrons. The van der Waals surface area contributed by atoms with Crippen LogP contribution in [0.5, 0.6) is 0 Å². The predicted octanol–water partition coefficient (Wildman–Crippen LogP) is 0.794. The van der Waals surface area contributed by atoms with Crippen LogP contribution >= 0.6 is 0 Å². The lowest BCUT2D eigenvalue weighted by molar-refractivity contribution is 0.0810. The summed E-state index contributed by atoms with van der Waals surface area (Å²) < 4.78 is 0. The smallest absolute Gasteiger partial charge is 0.113 e. The van der Waals surface area contributed by atoms with E-state index in [0.717, 1.165) is 11.0 Å². The molecule has 0 saturated carbocycles. The monoisotopic (exact) mass is 160 g/mol. The number of hydrogen-bond donors (Lipinski definition) is 1. The Kier molecular flexibility index (Phi) is 2.58. The van der Waals surface area contributed by atoms with E-state index >= 15 is 0 Å². The Balaban J connectivity index is 2.77. The number of rotatable bonds is 2. The highest BCUT2D eigenvalue weighted by Gasteiger charge is 2.12. The summed E-state index contributed by atoms with van der Waals surface area (Å²) in [7, 11) is 5.60. The van der Waals surface area contributed by atoms with Gasteiger partial charge in [-0.05, 0) is 19.4 Å². The second-order valence-electron chi connectivity index (χ2n) is 3.73. The van der Waals surface area contributed by atoms with Crippen LogP contribution in [-0.4, -0.2) is 18.6 Å². The van der Waals surface area contributed by atoms with Crippen molar-refractivity contribution in [3.05, 3.63) is 29.8 Å². The molecule has 0 atom stereocenters. The van der Waals surface area contributed by atoms with Gasteiger partial charge in [0.05, 0.1) is 5.60 Å². The molecular weight excluding hydrogens is 147 g/mol. The van der Waals surface area contributed by atoms with Gasteiger partial charge in [0.25, 0.3) is 0 Å². The van der Waals surface area contributed by atoms with Gasteiger partial charge in [-0.1, -0.05) is 29.7 Å². The van der Waals surface area contributed by atoms with Crippen molar-refractivity contribution in [3.8, 4) is 0 Å². The summed E-state index contributed by atoms with van der Waals surface area (Å²) in [5.41, 5.74) is 1.16. The molecule has 0 unspecified atom stereocenters. The molecule has 1 rings (SSSR count). The van der Waals surface area contributed by atoms with Gasteiger partial charge < -0.3 is 5.11 Å². The lowest BCUT2D eigenvalue weighted by Gasteiger charge is -2.17. The maximum absolute atomic E-state index is 9.52. The molecule has 0 heterocycles. The minimum absolute atomic E-state index is 0.637. The minimum atomic E-state index is -0.659. The molecule has 1 aromatic carbocycles. The Hall–Kier alpha value is -0.755. The third kappa shape index (κ3) is 3.10. The molecule has 0 bridgehead atoms. The van der Waals surface area contributed by atoms with Gasteiger partial charge in [0.1, 0.15) is 7.85 Å². The third-order valence-corrected chi connectivity index (χ3v) is 1.59. The summed E-state index contributed by atoms with van der Waals surface area (Å²) in [6, 6.07) is 7.59. The van der Waals surface area contributed by atoms with Gasteiger partial charge in [-0.2, -0.15) is 0 Å². The maximum atomic E-state index is 9.52. The standard InChI is InChI=1S/C10H13BO/c1-10(2,12)7-8-4-3-5-9(11)6-8/h3-6,12H,7H2,1-2H3. The van der Waals surface area contributed by atoms with Crippen LogP contribution in [0.2, 0.25) is 0 Å². The first kappa shape index (κ1) is 9.33. The summed E-state index contributed by atoms with van der Waals surface area (Å²) in [4.78, 5) is 0. The fourth-order valence-electron chi connectivity index (χ4n) is 1.20. The van der Waals surface area contributed by atoms with Crippen LogP contribution in [0, 0.1) is 0 Å². The molecule has 0 aromatic heterocycles. The molecule has 0 aliphatic heterocycles. The van der Waals surface area contributed by atoms with E-state index in [0.29, 0.717) is 6.42 Å². The van der Waals surface area contributed by atoms with Gasteiger partial charge in [0.15, 0.2) is 0 Å². The van der Waals surface area contributed by atoms with Crippen molar-refractivity contribution in [2.75, 3.05) is 0 Å². The van der Waals surface area contributed by atoms with Gasteiger partial charge >= 0.3 is 0 Å². The van der Waals surface area contributed by atoms with Crippen LogP contribution in [0.4, 0.5) is 0 Å². The van der Waals surface area contributed by atoms with E-state index in [1.54, 1.807) is 13.8 Å². The molecule has 0 aliphatic rings. The SMILES string of the molecule is [B]c1cccc(CC(C)(C)O)c1. The van der Waals surface area contributed by atoms with E-state index < -0.39 is 5.60 Å². The van der Waals surface area contributed by atoms with Crippen molar-refractivity contribution in [1.82, 2.24) is 0 Å². The van der Waals surface area contributed by atoms with Crippen molar-refractivity contribution in [1.29, 1.82) is 0 Å².